The molecule has 1 amide bonds. The van der Waals surface area contributed by atoms with Gasteiger partial charge in [0.25, 0.3) is 5.91 Å². The van der Waals surface area contributed by atoms with Crippen molar-refractivity contribution in [3.05, 3.63) is 75.2 Å². The molecule has 0 spiro atoms. The molecular weight excluding hydrogens is 382 g/mol. The zero-order chi connectivity index (χ0) is 21.0. The SMILES string of the molecule is Cc1ccc(OCc2nc(C)c(C(=O)N(C)Cc3ccc(N(C)C)cc3)s2)cc1. The highest BCUT2D eigenvalue weighted by Crippen LogP contribution is 2.23. The molecule has 3 rings (SSSR count). The van der Waals surface area contributed by atoms with Crippen molar-refractivity contribution in [1.29, 1.82) is 0 Å². The maximum absolute atomic E-state index is 12.9. The third kappa shape index (κ3) is 5.35. The van der Waals surface area contributed by atoms with Gasteiger partial charge >= 0.3 is 0 Å². The number of hydrogen-bond donors (Lipinski definition) is 0. The van der Waals surface area contributed by atoms with Crippen LogP contribution in [0.4, 0.5) is 5.69 Å². The minimum Gasteiger partial charge on any atom is -0.486 e. The van der Waals surface area contributed by atoms with Crippen molar-refractivity contribution >= 4 is 22.9 Å². The van der Waals surface area contributed by atoms with Crippen molar-refractivity contribution in [2.75, 3.05) is 26.0 Å². The number of carbonyl (C=O) groups excluding carboxylic acids is 1. The van der Waals surface area contributed by atoms with Crippen molar-refractivity contribution in [2.24, 2.45) is 0 Å². The fraction of sp³-hybridized carbons (Fsp3) is 0.304. The number of carbonyl (C=O) groups is 1. The number of amides is 1. The molecule has 0 aliphatic rings. The van der Waals surface area contributed by atoms with E-state index in [1.807, 2.05) is 59.3 Å². The highest BCUT2D eigenvalue weighted by molar-refractivity contribution is 7.13. The molecular formula is C23H27N3O2S. The highest BCUT2D eigenvalue weighted by atomic mass is 32.1. The van der Waals surface area contributed by atoms with Crippen LogP contribution in [0.3, 0.4) is 0 Å². The number of nitrogens with zero attached hydrogens (tertiary/aromatic N) is 3. The molecule has 3 aromatic rings. The van der Waals surface area contributed by atoms with Crippen LogP contribution in [0.15, 0.2) is 48.5 Å². The summed E-state index contributed by atoms with van der Waals surface area (Å²) >= 11 is 1.40. The van der Waals surface area contributed by atoms with Gasteiger partial charge < -0.3 is 14.5 Å². The summed E-state index contributed by atoms with van der Waals surface area (Å²) in [5.74, 6) is 0.785. The van der Waals surface area contributed by atoms with E-state index in [9.17, 15) is 4.79 Å². The van der Waals surface area contributed by atoms with Gasteiger partial charge in [-0.2, -0.15) is 0 Å². The molecule has 0 aliphatic heterocycles. The number of benzene rings is 2. The fourth-order valence-corrected chi connectivity index (χ4v) is 3.88. The molecule has 6 heteroatoms. The standard InChI is InChI=1S/C23H27N3O2S/c1-16-6-12-20(13-7-16)28-15-21-24-17(2)22(29-21)23(27)26(5)14-18-8-10-19(11-9-18)25(3)4/h6-13H,14-15H2,1-5H3. The quantitative estimate of drug-likeness (QED) is 0.569. The lowest BCUT2D eigenvalue weighted by atomic mass is 10.2. The van der Waals surface area contributed by atoms with E-state index in [2.05, 4.69) is 34.1 Å². The molecule has 5 nitrogen and oxygen atoms in total. The van der Waals surface area contributed by atoms with Crippen LogP contribution in [0.5, 0.6) is 5.75 Å². The maximum atomic E-state index is 12.9. The van der Waals surface area contributed by atoms with Crippen LogP contribution in [0.2, 0.25) is 0 Å². The summed E-state index contributed by atoms with van der Waals surface area (Å²) in [5, 5.41) is 0.801. The van der Waals surface area contributed by atoms with Crippen LogP contribution < -0.4 is 9.64 Å². The summed E-state index contributed by atoms with van der Waals surface area (Å²) in [7, 11) is 5.85. The van der Waals surface area contributed by atoms with E-state index in [0.29, 0.717) is 18.0 Å². The Bertz CT molecular complexity index is 963. The van der Waals surface area contributed by atoms with Crippen molar-refractivity contribution in [3.8, 4) is 5.75 Å². The van der Waals surface area contributed by atoms with Gasteiger partial charge in [0.2, 0.25) is 0 Å². The third-order valence-electron chi connectivity index (χ3n) is 4.64. The Balaban J connectivity index is 1.63. The third-order valence-corrected chi connectivity index (χ3v) is 5.76. The average Bonchev–Trinajstić information content (AvgIpc) is 3.08. The number of anilines is 1. The first kappa shape index (κ1) is 20.9. The normalized spacial score (nSPS) is 10.7. The molecule has 1 aromatic heterocycles. The number of ether oxygens (including phenoxy) is 1. The Morgan fingerprint density at radius 1 is 1.00 bits per heavy atom. The number of aromatic nitrogens is 1. The van der Waals surface area contributed by atoms with Crippen LogP contribution in [-0.2, 0) is 13.2 Å². The lowest BCUT2D eigenvalue weighted by Gasteiger charge is -2.18. The Hall–Kier alpha value is -2.86. The molecule has 0 radical (unpaired) electrons. The number of rotatable bonds is 7. The summed E-state index contributed by atoms with van der Waals surface area (Å²) in [5.41, 5.74) is 4.17. The topological polar surface area (TPSA) is 45.7 Å². The first-order valence-corrected chi connectivity index (χ1v) is 10.3. The summed E-state index contributed by atoms with van der Waals surface area (Å²) in [6.07, 6.45) is 0. The van der Waals surface area contributed by atoms with E-state index in [1.165, 1.54) is 16.9 Å². The Morgan fingerprint density at radius 2 is 1.66 bits per heavy atom. The van der Waals surface area contributed by atoms with Crippen LogP contribution in [0, 0.1) is 13.8 Å². The molecule has 0 fully saturated rings. The van der Waals surface area contributed by atoms with Crippen molar-refractivity contribution in [2.45, 2.75) is 27.0 Å². The van der Waals surface area contributed by atoms with E-state index in [0.717, 1.165) is 27.7 Å². The van der Waals surface area contributed by atoms with Gasteiger partial charge in [0.15, 0.2) is 0 Å². The molecule has 29 heavy (non-hydrogen) atoms. The predicted octanol–water partition coefficient (Wildman–Crippen LogP) is 4.68. The molecule has 0 N–H and O–H groups in total. The summed E-state index contributed by atoms with van der Waals surface area (Å²) < 4.78 is 5.80. The highest BCUT2D eigenvalue weighted by Gasteiger charge is 2.19. The summed E-state index contributed by atoms with van der Waals surface area (Å²) in [6.45, 7) is 4.83. The lowest BCUT2D eigenvalue weighted by molar-refractivity contribution is 0.0789. The van der Waals surface area contributed by atoms with Gasteiger partial charge in [0, 0.05) is 33.4 Å². The zero-order valence-electron chi connectivity index (χ0n) is 17.6. The molecule has 0 saturated carbocycles. The second-order valence-corrected chi connectivity index (χ2v) is 8.43. The van der Waals surface area contributed by atoms with Crippen molar-refractivity contribution < 1.29 is 9.53 Å². The van der Waals surface area contributed by atoms with Gasteiger partial charge in [-0.25, -0.2) is 4.98 Å². The summed E-state index contributed by atoms with van der Waals surface area (Å²) in [6, 6.07) is 16.1. The largest absolute Gasteiger partial charge is 0.486 e. The van der Waals surface area contributed by atoms with Gasteiger partial charge in [-0.15, -0.1) is 11.3 Å². The predicted molar refractivity (Wildman–Crippen MR) is 119 cm³/mol. The minimum absolute atomic E-state index is 0.0155. The Morgan fingerprint density at radius 3 is 2.28 bits per heavy atom. The molecule has 0 unspecified atom stereocenters. The molecule has 0 aliphatic carbocycles. The molecule has 0 bridgehead atoms. The van der Waals surface area contributed by atoms with Crippen LogP contribution >= 0.6 is 11.3 Å². The molecule has 152 valence electrons. The summed E-state index contributed by atoms with van der Waals surface area (Å²) in [4.78, 5) is 21.9. The fourth-order valence-electron chi connectivity index (χ4n) is 2.91. The number of thiazole rings is 1. The van der Waals surface area contributed by atoms with Crippen LogP contribution in [-0.4, -0.2) is 36.9 Å². The average molecular weight is 410 g/mol. The first-order valence-electron chi connectivity index (χ1n) is 9.51. The number of hydrogen-bond acceptors (Lipinski definition) is 5. The minimum atomic E-state index is -0.0155. The van der Waals surface area contributed by atoms with E-state index in [-0.39, 0.29) is 5.91 Å². The first-order chi connectivity index (χ1) is 13.8. The van der Waals surface area contributed by atoms with Gasteiger partial charge in [0.1, 0.15) is 22.2 Å². The second-order valence-electron chi connectivity index (χ2n) is 7.35. The van der Waals surface area contributed by atoms with Crippen LogP contribution in [0.1, 0.15) is 31.5 Å². The lowest BCUT2D eigenvalue weighted by Crippen LogP contribution is -2.26. The van der Waals surface area contributed by atoms with E-state index in [4.69, 9.17) is 4.74 Å². The molecule has 0 saturated heterocycles. The second kappa shape index (κ2) is 9.09. The maximum Gasteiger partial charge on any atom is 0.265 e. The molecule has 0 atom stereocenters. The molecule has 2 aromatic carbocycles. The van der Waals surface area contributed by atoms with Gasteiger partial charge in [-0.3, -0.25) is 4.79 Å². The zero-order valence-corrected chi connectivity index (χ0v) is 18.4. The Labute approximate surface area is 176 Å². The Kier molecular flexibility index (Phi) is 6.54. The number of aryl methyl sites for hydroxylation is 2. The van der Waals surface area contributed by atoms with E-state index >= 15 is 0 Å². The smallest absolute Gasteiger partial charge is 0.265 e. The van der Waals surface area contributed by atoms with E-state index < -0.39 is 0 Å². The van der Waals surface area contributed by atoms with Crippen molar-refractivity contribution in [1.82, 2.24) is 9.88 Å². The van der Waals surface area contributed by atoms with E-state index in [1.54, 1.807) is 4.90 Å². The van der Waals surface area contributed by atoms with Gasteiger partial charge in [0.05, 0.1) is 5.69 Å². The monoisotopic (exact) mass is 409 g/mol. The molecule has 1 heterocycles. The van der Waals surface area contributed by atoms with Gasteiger partial charge in [-0.05, 0) is 43.7 Å². The van der Waals surface area contributed by atoms with Crippen LogP contribution in [0.25, 0.3) is 0 Å². The van der Waals surface area contributed by atoms with Gasteiger partial charge in [-0.1, -0.05) is 29.8 Å². The van der Waals surface area contributed by atoms with Crippen molar-refractivity contribution in [3.63, 3.8) is 0 Å².